The molecule has 22 heavy (non-hydrogen) atoms. The lowest BCUT2D eigenvalue weighted by Crippen LogP contribution is -2.19. The number of rotatable bonds is 5. The molecular formula is C15H14F2N2O3. The molecule has 7 heteroatoms. The third-order valence-corrected chi connectivity index (χ3v) is 2.92. The van der Waals surface area contributed by atoms with E-state index >= 15 is 0 Å². The van der Waals surface area contributed by atoms with E-state index in [0.717, 1.165) is 0 Å². The third kappa shape index (κ3) is 3.69. The molecule has 0 aliphatic rings. The van der Waals surface area contributed by atoms with E-state index in [1.807, 2.05) is 0 Å². The molecule has 1 aromatic heterocycles. The van der Waals surface area contributed by atoms with Crippen molar-refractivity contribution in [2.75, 3.05) is 0 Å². The first-order chi connectivity index (χ1) is 10.5. The van der Waals surface area contributed by atoms with Gasteiger partial charge in [-0.25, -0.2) is 5.43 Å². The Bertz CT molecular complexity index is 696. The van der Waals surface area contributed by atoms with Crippen LogP contribution in [0.25, 0.3) is 0 Å². The zero-order valence-electron chi connectivity index (χ0n) is 12.0. The van der Waals surface area contributed by atoms with Gasteiger partial charge in [0, 0.05) is 5.56 Å². The molecule has 0 saturated heterocycles. The maximum absolute atomic E-state index is 12.4. The maximum atomic E-state index is 12.4. The first-order valence-electron chi connectivity index (χ1n) is 6.42. The molecule has 0 spiro atoms. The number of alkyl halides is 2. The van der Waals surface area contributed by atoms with Crippen LogP contribution in [-0.2, 0) is 0 Å². The number of ether oxygens (including phenoxy) is 1. The molecule has 0 saturated carbocycles. The van der Waals surface area contributed by atoms with E-state index in [0.29, 0.717) is 22.6 Å². The van der Waals surface area contributed by atoms with Gasteiger partial charge in [0.25, 0.3) is 5.91 Å². The molecule has 116 valence electrons. The van der Waals surface area contributed by atoms with Gasteiger partial charge in [-0.1, -0.05) is 12.1 Å². The minimum atomic E-state index is -2.93. The molecule has 0 radical (unpaired) electrons. The van der Waals surface area contributed by atoms with Crippen molar-refractivity contribution < 1.29 is 22.7 Å². The first-order valence-corrected chi connectivity index (χ1v) is 6.42. The van der Waals surface area contributed by atoms with Crippen LogP contribution in [0.3, 0.4) is 0 Å². The number of furan rings is 1. The molecular weight excluding hydrogens is 294 g/mol. The fourth-order valence-corrected chi connectivity index (χ4v) is 1.84. The standard InChI is InChI=1S/C15H14F2N2O3/c1-9(11-5-3-4-6-13(11)22-15(16)17)18-19-14(20)12-7-8-21-10(12)2/h3-8,15H,1-2H3,(H,19,20)/b18-9-. The van der Waals surface area contributed by atoms with Crippen molar-refractivity contribution in [2.45, 2.75) is 20.5 Å². The second-order valence-corrected chi connectivity index (χ2v) is 4.40. The molecule has 0 atom stereocenters. The number of benzene rings is 1. The fourth-order valence-electron chi connectivity index (χ4n) is 1.84. The summed E-state index contributed by atoms with van der Waals surface area (Å²) in [4.78, 5) is 11.9. The van der Waals surface area contributed by atoms with Crippen LogP contribution in [-0.4, -0.2) is 18.2 Å². The Hall–Kier alpha value is -2.70. The van der Waals surface area contributed by atoms with Gasteiger partial charge in [0.05, 0.1) is 17.5 Å². The summed E-state index contributed by atoms with van der Waals surface area (Å²) < 4.78 is 34.2. The summed E-state index contributed by atoms with van der Waals surface area (Å²) in [6.45, 7) is 0.296. The average Bonchev–Trinajstić information content (AvgIpc) is 2.90. The first kappa shape index (κ1) is 15.7. The minimum Gasteiger partial charge on any atom is -0.469 e. The van der Waals surface area contributed by atoms with Crippen molar-refractivity contribution in [3.63, 3.8) is 0 Å². The second-order valence-electron chi connectivity index (χ2n) is 4.40. The van der Waals surface area contributed by atoms with Crippen LogP contribution < -0.4 is 10.2 Å². The molecule has 2 aromatic rings. The Labute approximate surface area is 125 Å². The number of hydrogen-bond acceptors (Lipinski definition) is 4. The van der Waals surface area contributed by atoms with Crippen LogP contribution in [0.15, 0.2) is 46.1 Å². The highest BCUT2D eigenvalue weighted by Crippen LogP contribution is 2.21. The zero-order chi connectivity index (χ0) is 16.1. The zero-order valence-corrected chi connectivity index (χ0v) is 12.0. The van der Waals surface area contributed by atoms with Crippen molar-refractivity contribution in [3.8, 4) is 5.75 Å². The normalized spacial score (nSPS) is 11.6. The summed E-state index contributed by atoms with van der Waals surface area (Å²) in [6.07, 6.45) is 1.40. The van der Waals surface area contributed by atoms with Gasteiger partial charge in [0.2, 0.25) is 0 Å². The number of carbonyl (C=O) groups excluding carboxylic acids is 1. The predicted octanol–water partition coefficient (Wildman–Crippen LogP) is 3.34. The van der Waals surface area contributed by atoms with E-state index in [-0.39, 0.29) is 5.75 Å². The second kappa shape index (κ2) is 6.84. The van der Waals surface area contributed by atoms with Crippen molar-refractivity contribution in [2.24, 2.45) is 5.10 Å². The van der Waals surface area contributed by atoms with E-state index in [9.17, 15) is 13.6 Å². The van der Waals surface area contributed by atoms with Gasteiger partial charge < -0.3 is 9.15 Å². The smallest absolute Gasteiger partial charge is 0.387 e. The van der Waals surface area contributed by atoms with Crippen LogP contribution in [0.1, 0.15) is 28.6 Å². The number of nitrogens with zero attached hydrogens (tertiary/aromatic N) is 1. The number of para-hydroxylation sites is 1. The van der Waals surface area contributed by atoms with Crippen LogP contribution in [0.4, 0.5) is 8.78 Å². The molecule has 5 nitrogen and oxygen atoms in total. The van der Waals surface area contributed by atoms with E-state index in [2.05, 4.69) is 15.3 Å². The molecule has 0 aliphatic heterocycles. The Kier molecular flexibility index (Phi) is 4.88. The van der Waals surface area contributed by atoms with E-state index in [4.69, 9.17) is 4.42 Å². The third-order valence-electron chi connectivity index (χ3n) is 2.92. The minimum absolute atomic E-state index is 0.00695. The average molecular weight is 308 g/mol. The topological polar surface area (TPSA) is 63.8 Å². The summed E-state index contributed by atoms with van der Waals surface area (Å²) in [6, 6.07) is 7.73. The number of aryl methyl sites for hydroxylation is 1. The molecule has 1 amide bonds. The molecule has 1 aromatic carbocycles. The highest BCUT2D eigenvalue weighted by molar-refractivity contribution is 6.02. The summed E-state index contributed by atoms with van der Waals surface area (Å²) in [5, 5.41) is 3.91. The summed E-state index contributed by atoms with van der Waals surface area (Å²) in [5.41, 5.74) is 3.41. The number of halogens is 2. The van der Waals surface area contributed by atoms with Gasteiger partial charge in [-0.2, -0.15) is 13.9 Å². The fraction of sp³-hybridized carbons (Fsp3) is 0.200. The highest BCUT2D eigenvalue weighted by Gasteiger charge is 2.13. The van der Waals surface area contributed by atoms with Crippen LogP contribution >= 0.6 is 0 Å². The number of hydrazone groups is 1. The molecule has 0 fully saturated rings. The van der Waals surface area contributed by atoms with Crippen LogP contribution in [0.2, 0.25) is 0 Å². The van der Waals surface area contributed by atoms with Crippen LogP contribution in [0.5, 0.6) is 5.75 Å². The SMILES string of the molecule is C/C(=N/NC(=O)c1ccoc1C)c1ccccc1OC(F)F. The molecule has 0 bridgehead atoms. The monoisotopic (exact) mass is 308 g/mol. The predicted molar refractivity (Wildman–Crippen MR) is 76.2 cm³/mol. The van der Waals surface area contributed by atoms with Gasteiger partial charge >= 0.3 is 6.61 Å². The van der Waals surface area contributed by atoms with Gasteiger partial charge in [-0.15, -0.1) is 0 Å². The lowest BCUT2D eigenvalue weighted by Gasteiger charge is -2.10. The van der Waals surface area contributed by atoms with Crippen molar-refractivity contribution in [1.82, 2.24) is 5.43 Å². The Morgan fingerprint density at radius 1 is 1.27 bits per heavy atom. The van der Waals surface area contributed by atoms with E-state index in [1.165, 1.54) is 18.4 Å². The van der Waals surface area contributed by atoms with Crippen molar-refractivity contribution in [1.29, 1.82) is 0 Å². The Morgan fingerprint density at radius 2 is 2.00 bits per heavy atom. The number of amides is 1. The van der Waals surface area contributed by atoms with Crippen molar-refractivity contribution >= 4 is 11.6 Å². The summed E-state index contributed by atoms with van der Waals surface area (Å²) in [7, 11) is 0. The van der Waals surface area contributed by atoms with Gasteiger partial charge in [0.1, 0.15) is 11.5 Å². The number of nitrogens with one attached hydrogen (secondary N) is 1. The highest BCUT2D eigenvalue weighted by atomic mass is 19.3. The van der Waals surface area contributed by atoms with Crippen LogP contribution in [0, 0.1) is 6.92 Å². The van der Waals surface area contributed by atoms with E-state index < -0.39 is 12.5 Å². The van der Waals surface area contributed by atoms with Gasteiger partial charge in [-0.05, 0) is 32.0 Å². The number of hydrogen-bond donors (Lipinski definition) is 1. The summed E-state index contributed by atoms with van der Waals surface area (Å²) >= 11 is 0. The van der Waals surface area contributed by atoms with E-state index in [1.54, 1.807) is 32.0 Å². The lowest BCUT2D eigenvalue weighted by atomic mass is 10.1. The molecule has 1 N–H and O–H groups in total. The van der Waals surface area contributed by atoms with Gasteiger partial charge in [0.15, 0.2) is 0 Å². The Balaban J connectivity index is 2.16. The quantitative estimate of drug-likeness (QED) is 0.680. The molecule has 0 unspecified atom stereocenters. The molecule has 0 aliphatic carbocycles. The largest absolute Gasteiger partial charge is 0.469 e. The van der Waals surface area contributed by atoms with Gasteiger partial charge in [-0.3, -0.25) is 4.79 Å². The molecule has 2 rings (SSSR count). The molecule has 1 heterocycles. The Morgan fingerprint density at radius 3 is 2.64 bits per heavy atom. The lowest BCUT2D eigenvalue weighted by molar-refractivity contribution is -0.0499. The number of carbonyl (C=O) groups is 1. The maximum Gasteiger partial charge on any atom is 0.387 e. The van der Waals surface area contributed by atoms with Crippen molar-refractivity contribution in [3.05, 3.63) is 53.5 Å². The summed E-state index contributed by atoms with van der Waals surface area (Å²) in [5.74, 6) is 0.0112.